The molecule has 0 aliphatic rings. The fraction of sp³-hybridized carbons (Fsp3) is 0.296. The summed E-state index contributed by atoms with van der Waals surface area (Å²) in [6, 6.07) is 17.3. The molecule has 4 rings (SSSR count). The third-order valence-electron chi connectivity index (χ3n) is 6.21. The third kappa shape index (κ3) is 4.46. The number of nitrogens with one attached hydrogen (secondary N) is 1. The number of carbonyl (C=O) groups is 1. The first-order valence-corrected chi connectivity index (χ1v) is 11.6. The predicted octanol–water partition coefficient (Wildman–Crippen LogP) is 4.63. The maximum absolute atomic E-state index is 13.4. The van der Waals surface area contributed by atoms with Crippen LogP contribution >= 0.6 is 0 Å². The van der Waals surface area contributed by atoms with E-state index >= 15 is 0 Å². The van der Waals surface area contributed by atoms with Crippen LogP contribution in [0.1, 0.15) is 37.1 Å². The highest BCUT2D eigenvalue weighted by Crippen LogP contribution is 2.29. The number of nitrogens with zero attached hydrogens (tertiary/aromatic N) is 3. The van der Waals surface area contributed by atoms with Crippen LogP contribution in [-0.2, 0) is 24.2 Å². The lowest BCUT2D eigenvalue weighted by Crippen LogP contribution is -2.26. The van der Waals surface area contributed by atoms with E-state index in [-0.39, 0.29) is 17.9 Å². The molecule has 0 unspecified atom stereocenters. The Balaban J connectivity index is 1.63. The smallest absolute Gasteiger partial charge is 0.277 e. The van der Waals surface area contributed by atoms with Crippen LogP contribution in [0.2, 0.25) is 0 Å². The summed E-state index contributed by atoms with van der Waals surface area (Å²) in [4.78, 5) is 26.0. The maximum Gasteiger partial charge on any atom is 0.277 e. The van der Waals surface area contributed by atoms with Gasteiger partial charge in [0.05, 0.1) is 12.8 Å². The minimum Gasteiger partial charge on any atom is -0.496 e. The molecule has 1 amide bonds. The minimum absolute atomic E-state index is 0.124. The quantitative estimate of drug-likeness (QED) is 0.418. The monoisotopic (exact) mass is 458 g/mol. The Morgan fingerprint density at radius 3 is 2.50 bits per heavy atom. The first-order chi connectivity index (χ1) is 16.5. The number of hydrogen-bond donors (Lipinski definition) is 1. The molecular weight excluding hydrogens is 428 g/mol. The summed E-state index contributed by atoms with van der Waals surface area (Å²) < 4.78 is 8.98. The van der Waals surface area contributed by atoms with Gasteiger partial charge in [0, 0.05) is 41.5 Å². The average Bonchev–Trinajstić information content (AvgIpc) is 3.30. The van der Waals surface area contributed by atoms with E-state index in [1.54, 1.807) is 7.11 Å². The number of aromatic nitrogens is 3. The van der Waals surface area contributed by atoms with Gasteiger partial charge in [-0.3, -0.25) is 9.59 Å². The lowest BCUT2D eigenvalue weighted by atomic mass is 10.1. The Bertz CT molecular complexity index is 1380. The van der Waals surface area contributed by atoms with Crippen LogP contribution in [0, 0.1) is 6.92 Å². The molecule has 34 heavy (non-hydrogen) atoms. The highest BCUT2D eigenvalue weighted by Gasteiger charge is 2.18. The lowest BCUT2D eigenvalue weighted by Gasteiger charge is -2.14. The second kappa shape index (κ2) is 9.95. The standard InChI is InChI=1S/C27H30N4O3/c1-5-19-11-13-20(14-12-19)28-25(32)16-15-21-18(3)30(6-2)26-17-23(29-31(26)27(21)33)22-9-7-8-10-24(22)34-4/h7-14,17H,5-6,15-16H2,1-4H3,(H,28,32). The minimum atomic E-state index is -0.196. The molecule has 2 heterocycles. The number of anilines is 1. The van der Waals surface area contributed by atoms with E-state index in [2.05, 4.69) is 21.9 Å². The molecule has 0 aliphatic heterocycles. The van der Waals surface area contributed by atoms with Crippen molar-refractivity contribution in [2.24, 2.45) is 0 Å². The van der Waals surface area contributed by atoms with Crippen molar-refractivity contribution in [2.45, 2.75) is 46.6 Å². The first-order valence-electron chi connectivity index (χ1n) is 11.6. The van der Waals surface area contributed by atoms with Crippen molar-refractivity contribution in [1.29, 1.82) is 0 Å². The highest BCUT2D eigenvalue weighted by molar-refractivity contribution is 5.90. The van der Waals surface area contributed by atoms with E-state index in [0.717, 1.165) is 29.0 Å². The molecule has 7 nitrogen and oxygen atoms in total. The fourth-order valence-electron chi connectivity index (χ4n) is 4.29. The van der Waals surface area contributed by atoms with E-state index in [4.69, 9.17) is 4.74 Å². The Morgan fingerprint density at radius 1 is 1.09 bits per heavy atom. The van der Waals surface area contributed by atoms with Crippen LogP contribution in [0.3, 0.4) is 0 Å². The summed E-state index contributed by atoms with van der Waals surface area (Å²) in [5.41, 5.74) is 5.44. The van der Waals surface area contributed by atoms with Gasteiger partial charge in [0.1, 0.15) is 11.4 Å². The zero-order valence-corrected chi connectivity index (χ0v) is 20.1. The molecule has 1 N–H and O–H groups in total. The molecule has 0 aliphatic carbocycles. The van der Waals surface area contributed by atoms with Crippen molar-refractivity contribution >= 4 is 17.2 Å². The molecule has 4 aromatic rings. The number of hydrogen-bond acceptors (Lipinski definition) is 4. The van der Waals surface area contributed by atoms with Gasteiger partial charge in [0.25, 0.3) is 5.56 Å². The van der Waals surface area contributed by atoms with E-state index in [1.807, 2.05) is 68.4 Å². The summed E-state index contributed by atoms with van der Waals surface area (Å²) in [5.74, 6) is 0.573. The fourth-order valence-corrected chi connectivity index (χ4v) is 4.29. The van der Waals surface area contributed by atoms with Crippen LogP contribution < -0.4 is 15.6 Å². The average molecular weight is 459 g/mol. The van der Waals surface area contributed by atoms with Crippen molar-refractivity contribution < 1.29 is 9.53 Å². The molecule has 0 atom stereocenters. The van der Waals surface area contributed by atoms with Gasteiger partial charge in [0.2, 0.25) is 5.91 Å². The van der Waals surface area contributed by atoms with Gasteiger partial charge in [-0.25, -0.2) is 0 Å². The molecule has 2 aromatic carbocycles. The summed E-state index contributed by atoms with van der Waals surface area (Å²) >= 11 is 0. The van der Waals surface area contributed by atoms with Gasteiger partial charge in [-0.05, 0) is 56.5 Å². The Kier molecular flexibility index (Phi) is 6.82. The third-order valence-corrected chi connectivity index (χ3v) is 6.21. The Morgan fingerprint density at radius 2 is 1.82 bits per heavy atom. The van der Waals surface area contributed by atoms with Crippen molar-refractivity contribution in [2.75, 3.05) is 12.4 Å². The van der Waals surface area contributed by atoms with E-state index in [0.29, 0.717) is 30.0 Å². The molecule has 0 fully saturated rings. The normalized spacial score (nSPS) is 11.1. The number of rotatable bonds is 8. The molecule has 176 valence electrons. The summed E-state index contributed by atoms with van der Waals surface area (Å²) in [5, 5.41) is 7.54. The summed E-state index contributed by atoms with van der Waals surface area (Å²) in [7, 11) is 1.62. The molecule has 7 heteroatoms. The van der Waals surface area contributed by atoms with Gasteiger partial charge >= 0.3 is 0 Å². The lowest BCUT2D eigenvalue weighted by molar-refractivity contribution is -0.116. The van der Waals surface area contributed by atoms with Crippen molar-refractivity contribution in [3.8, 4) is 17.0 Å². The zero-order valence-electron chi connectivity index (χ0n) is 20.1. The zero-order chi connectivity index (χ0) is 24.2. The molecule has 0 saturated carbocycles. The van der Waals surface area contributed by atoms with Gasteiger partial charge in [-0.15, -0.1) is 0 Å². The molecule has 0 spiro atoms. The van der Waals surface area contributed by atoms with Crippen molar-refractivity contribution in [3.63, 3.8) is 0 Å². The van der Waals surface area contributed by atoms with Gasteiger partial charge < -0.3 is 14.6 Å². The number of ether oxygens (including phenoxy) is 1. The van der Waals surface area contributed by atoms with E-state index in [9.17, 15) is 9.59 Å². The second-order valence-electron chi connectivity index (χ2n) is 8.21. The molecule has 0 bridgehead atoms. The van der Waals surface area contributed by atoms with Crippen molar-refractivity contribution in [1.82, 2.24) is 14.2 Å². The first kappa shape index (κ1) is 23.3. The van der Waals surface area contributed by atoms with Gasteiger partial charge in [-0.1, -0.05) is 31.2 Å². The maximum atomic E-state index is 13.4. The molecule has 0 radical (unpaired) electrons. The number of amides is 1. The largest absolute Gasteiger partial charge is 0.496 e. The SMILES string of the molecule is CCc1ccc(NC(=O)CCc2c(C)n(CC)c3cc(-c4ccccc4OC)nn3c2=O)cc1. The summed E-state index contributed by atoms with van der Waals surface area (Å²) in [6.45, 7) is 6.73. The Hall–Kier alpha value is -3.87. The highest BCUT2D eigenvalue weighted by atomic mass is 16.5. The topological polar surface area (TPSA) is 77.6 Å². The van der Waals surface area contributed by atoms with Gasteiger partial charge in [0.15, 0.2) is 0 Å². The number of carbonyl (C=O) groups excluding carboxylic acids is 1. The Labute approximate surface area is 199 Å². The molecule has 0 saturated heterocycles. The van der Waals surface area contributed by atoms with Gasteiger partial charge in [-0.2, -0.15) is 9.61 Å². The van der Waals surface area contributed by atoms with Crippen molar-refractivity contribution in [3.05, 3.63) is 81.8 Å². The van der Waals surface area contributed by atoms with Crippen LogP contribution in [0.5, 0.6) is 5.75 Å². The predicted molar refractivity (Wildman–Crippen MR) is 135 cm³/mol. The second-order valence-corrected chi connectivity index (χ2v) is 8.21. The molecule has 2 aromatic heterocycles. The number of fused-ring (bicyclic) bond motifs is 1. The summed E-state index contributed by atoms with van der Waals surface area (Å²) in [6.07, 6.45) is 1.50. The van der Waals surface area contributed by atoms with E-state index in [1.165, 1.54) is 10.1 Å². The van der Waals surface area contributed by atoms with Crippen LogP contribution in [-0.4, -0.2) is 27.2 Å². The van der Waals surface area contributed by atoms with Crippen LogP contribution in [0.15, 0.2) is 59.4 Å². The van der Waals surface area contributed by atoms with Crippen LogP contribution in [0.4, 0.5) is 5.69 Å². The molecular formula is C27H30N4O3. The van der Waals surface area contributed by atoms with Crippen LogP contribution in [0.25, 0.3) is 16.9 Å². The number of para-hydroxylation sites is 1. The van der Waals surface area contributed by atoms with E-state index < -0.39 is 0 Å². The number of aryl methyl sites for hydroxylation is 2. The number of methoxy groups -OCH3 is 1. The number of benzene rings is 2.